The van der Waals surface area contributed by atoms with Crippen LogP contribution in [0, 0.1) is 5.92 Å². The molecule has 4 rings (SSSR count). The molecule has 0 bridgehead atoms. The van der Waals surface area contributed by atoms with Crippen molar-refractivity contribution in [3.05, 3.63) is 59.1 Å². The van der Waals surface area contributed by atoms with Crippen molar-refractivity contribution in [2.24, 2.45) is 5.92 Å². The van der Waals surface area contributed by atoms with E-state index in [-0.39, 0.29) is 5.91 Å². The van der Waals surface area contributed by atoms with Crippen molar-refractivity contribution in [1.82, 2.24) is 9.88 Å². The van der Waals surface area contributed by atoms with E-state index in [1.54, 1.807) is 11.3 Å². The molecule has 1 aromatic carbocycles. The van der Waals surface area contributed by atoms with E-state index in [0.717, 1.165) is 23.7 Å². The highest BCUT2D eigenvalue weighted by Crippen LogP contribution is 2.32. The van der Waals surface area contributed by atoms with Gasteiger partial charge in [-0.1, -0.05) is 36.8 Å². The summed E-state index contributed by atoms with van der Waals surface area (Å²) in [5, 5.41) is 5.17. The lowest BCUT2D eigenvalue weighted by atomic mass is 9.85. The largest absolute Gasteiger partial charge is 0.347 e. The summed E-state index contributed by atoms with van der Waals surface area (Å²) in [5.41, 5.74) is 3.13. The van der Waals surface area contributed by atoms with E-state index in [2.05, 4.69) is 21.3 Å². The summed E-state index contributed by atoms with van der Waals surface area (Å²) in [7, 11) is 0. The van der Waals surface area contributed by atoms with E-state index in [1.165, 1.54) is 29.5 Å². The molecule has 1 saturated carbocycles. The molecule has 0 saturated heterocycles. The van der Waals surface area contributed by atoms with Gasteiger partial charge in [0.1, 0.15) is 5.69 Å². The molecule has 3 aromatic rings. The molecule has 1 aliphatic rings. The first-order valence-electron chi connectivity index (χ1n) is 8.20. The Morgan fingerprint density at radius 1 is 1.22 bits per heavy atom. The Bertz CT molecular complexity index is 814. The Balaban J connectivity index is 1.55. The van der Waals surface area contributed by atoms with Gasteiger partial charge in [-0.2, -0.15) is 0 Å². The summed E-state index contributed by atoms with van der Waals surface area (Å²) in [6.07, 6.45) is 3.90. The minimum atomic E-state index is 0.0246. The molecule has 1 aliphatic carbocycles. The van der Waals surface area contributed by atoms with Crippen molar-refractivity contribution in [1.29, 1.82) is 0 Å². The number of thiophene rings is 1. The molecular formula is C19H20N2OS. The highest BCUT2D eigenvalue weighted by Gasteiger charge is 2.22. The van der Waals surface area contributed by atoms with Crippen LogP contribution in [0.25, 0.3) is 10.2 Å². The normalized spacial score (nSPS) is 14.8. The van der Waals surface area contributed by atoms with E-state index in [9.17, 15) is 4.79 Å². The number of hydrogen-bond donors (Lipinski definition) is 1. The van der Waals surface area contributed by atoms with Gasteiger partial charge < -0.3 is 9.88 Å². The molecule has 4 heteroatoms. The Kier molecular flexibility index (Phi) is 3.92. The molecule has 0 atom stereocenters. The Labute approximate surface area is 139 Å². The molecule has 3 nitrogen and oxygen atoms in total. The number of hydrogen-bond acceptors (Lipinski definition) is 2. The van der Waals surface area contributed by atoms with Gasteiger partial charge in [0.25, 0.3) is 5.91 Å². The van der Waals surface area contributed by atoms with Gasteiger partial charge in [-0.05, 0) is 41.8 Å². The summed E-state index contributed by atoms with van der Waals surface area (Å²) in [6, 6.07) is 14.2. The fourth-order valence-corrected chi connectivity index (χ4v) is 3.99. The minimum Gasteiger partial charge on any atom is -0.347 e. The zero-order chi connectivity index (χ0) is 15.6. The van der Waals surface area contributed by atoms with Crippen molar-refractivity contribution in [2.45, 2.75) is 32.4 Å². The van der Waals surface area contributed by atoms with E-state index in [4.69, 9.17) is 0 Å². The molecule has 0 radical (unpaired) electrons. The lowest BCUT2D eigenvalue weighted by Crippen LogP contribution is -2.27. The van der Waals surface area contributed by atoms with Crippen LogP contribution in [-0.2, 0) is 13.1 Å². The molecular weight excluding hydrogens is 304 g/mol. The van der Waals surface area contributed by atoms with Crippen LogP contribution in [0.1, 0.15) is 35.3 Å². The van der Waals surface area contributed by atoms with Gasteiger partial charge in [0.2, 0.25) is 0 Å². The van der Waals surface area contributed by atoms with Crippen LogP contribution >= 0.6 is 11.3 Å². The second-order valence-corrected chi connectivity index (χ2v) is 7.22. The standard InChI is InChI=1S/C19H20N2OS/c22-19(20-12-14-5-2-1-3-6-14)17-11-18-16(9-10-23-18)21(17)13-15-7-4-8-15/h1-3,5-6,9-11,15H,4,7-8,12-13H2,(H,20,22). The highest BCUT2D eigenvalue weighted by molar-refractivity contribution is 7.17. The highest BCUT2D eigenvalue weighted by atomic mass is 32.1. The summed E-state index contributed by atoms with van der Waals surface area (Å²) in [4.78, 5) is 12.7. The number of amides is 1. The SMILES string of the molecule is O=C(NCc1ccccc1)c1cc2sccc2n1CC1CCC1. The molecule has 2 aromatic heterocycles. The van der Waals surface area contributed by atoms with Crippen molar-refractivity contribution in [3.63, 3.8) is 0 Å². The monoisotopic (exact) mass is 324 g/mol. The molecule has 0 aliphatic heterocycles. The predicted octanol–water partition coefficient (Wildman–Crippen LogP) is 4.43. The first-order valence-corrected chi connectivity index (χ1v) is 9.08. The fraction of sp³-hybridized carbons (Fsp3) is 0.316. The smallest absolute Gasteiger partial charge is 0.268 e. The zero-order valence-electron chi connectivity index (χ0n) is 13.0. The number of aromatic nitrogens is 1. The number of carbonyl (C=O) groups excluding carboxylic acids is 1. The van der Waals surface area contributed by atoms with Gasteiger partial charge in [0, 0.05) is 13.1 Å². The number of rotatable bonds is 5. The van der Waals surface area contributed by atoms with Gasteiger partial charge >= 0.3 is 0 Å². The van der Waals surface area contributed by atoms with Gasteiger partial charge in [0.15, 0.2) is 0 Å². The summed E-state index contributed by atoms with van der Waals surface area (Å²) in [6.45, 7) is 1.54. The van der Waals surface area contributed by atoms with Crippen LogP contribution in [0.5, 0.6) is 0 Å². The van der Waals surface area contributed by atoms with E-state index < -0.39 is 0 Å². The topological polar surface area (TPSA) is 34.0 Å². The average molecular weight is 324 g/mol. The second kappa shape index (κ2) is 6.20. The van der Waals surface area contributed by atoms with Gasteiger partial charge in [-0.25, -0.2) is 0 Å². The van der Waals surface area contributed by atoms with Crippen molar-refractivity contribution in [3.8, 4) is 0 Å². The third-order valence-electron chi connectivity index (χ3n) is 4.72. The summed E-state index contributed by atoms with van der Waals surface area (Å²) >= 11 is 1.71. The average Bonchev–Trinajstić information content (AvgIpc) is 3.11. The quantitative estimate of drug-likeness (QED) is 0.740. The minimum absolute atomic E-state index is 0.0246. The molecule has 0 spiro atoms. The Morgan fingerprint density at radius 3 is 2.78 bits per heavy atom. The lowest BCUT2D eigenvalue weighted by molar-refractivity contribution is 0.0939. The molecule has 118 valence electrons. The lowest BCUT2D eigenvalue weighted by Gasteiger charge is -2.26. The predicted molar refractivity (Wildman–Crippen MR) is 94.8 cm³/mol. The number of nitrogens with zero attached hydrogens (tertiary/aromatic N) is 1. The molecule has 1 amide bonds. The summed E-state index contributed by atoms with van der Waals surface area (Å²) in [5.74, 6) is 0.753. The third kappa shape index (κ3) is 2.91. The maximum atomic E-state index is 12.7. The van der Waals surface area contributed by atoms with Crippen molar-refractivity contribution < 1.29 is 4.79 Å². The maximum absolute atomic E-state index is 12.7. The van der Waals surface area contributed by atoms with Crippen LogP contribution < -0.4 is 5.32 Å². The molecule has 23 heavy (non-hydrogen) atoms. The van der Waals surface area contributed by atoms with Gasteiger partial charge in [0.05, 0.1) is 10.2 Å². The van der Waals surface area contributed by atoms with E-state index in [0.29, 0.717) is 6.54 Å². The van der Waals surface area contributed by atoms with E-state index >= 15 is 0 Å². The number of carbonyl (C=O) groups is 1. The second-order valence-electron chi connectivity index (χ2n) is 6.28. The van der Waals surface area contributed by atoms with Gasteiger partial charge in [-0.15, -0.1) is 11.3 Å². The van der Waals surface area contributed by atoms with E-state index in [1.807, 2.05) is 36.4 Å². The van der Waals surface area contributed by atoms with Crippen LogP contribution in [0.4, 0.5) is 0 Å². The van der Waals surface area contributed by atoms with Crippen LogP contribution in [0.15, 0.2) is 47.8 Å². The number of fused-ring (bicyclic) bond motifs is 1. The molecule has 1 fully saturated rings. The molecule has 0 unspecified atom stereocenters. The number of nitrogens with one attached hydrogen (secondary N) is 1. The van der Waals surface area contributed by atoms with Crippen molar-refractivity contribution in [2.75, 3.05) is 0 Å². The molecule has 1 N–H and O–H groups in total. The van der Waals surface area contributed by atoms with Crippen LogP contribution in [-0.4, -0.2) is 10.5 Å². The zero-order valence-corrected chi connectivity index (χ0v) is 13.8. The number of benzene rings is 1. The Hall–Kier alpha value is -2.07. The maximum Gasteiger partial charge on any atom is 0.268 e. The van der Waals surface area contributed by atoms with Crippen LogP contribution in [0.2, 0.25) is 0 Å². The Morgan fingerprint density at radius 2 is 2.04 bits per heavy atom. The summed E-state index contributed by atoms with van der Waals surface area (Å²) < 4.78 is 3.42. The fourth-order valence-electron chi connectivity index (χ4n) is 3.16. The first-order chi connectivity index (χ1) is 11.3. The third-order valence-corrected chi connectivity index (χ3v) is 5.57. The van der Waals surface area contributed by atoms with Gasteiger partial charge in [-0.3, -0.25) is 4.79 Å². The van der Waals surface area contributed by atoms with Crippen molar-refractivity contribution >= 4 is 27.5 Å². The van der Waals surface area contributed by atoms with Crippen LogP contribution in [0.3, 0.4) is 0 Å². The first kappa shape index (κ1) is 14.5. The molecule has 2 heterocycles.